The van der Waals surface area contributed by atoms with Gasteiger partial charge in [0.25, 0.3) is 0 Å². The van der Waals surface area contributed by atoms with Crippen LogP contribution in [-0.4, -0.2) is 21.8 Å². The Bertz CT molecular complexity index is 540. The number of ether oxygens (including phenoxy) is 1. The molecule has 1 aliphatic rings. The second kappa shape index (κ2) is 4.53. The van der Waals surface area contributed by atoms with Gasteiger partial charge in [-0.3, -0.25) is 4.57 Å². The highest BCUT2D eigenvalue weighted by Gasteiger charge is 2.40. The molecule has 5 nitrogen and oxygen atoms in total. The van der Waals surface area contributed by atoms with Crippen LogP contribution in [0, 0.1) is 0 Å². The predicted octanol–water partition coefficient (Wildman–Crippen LogP) is 1.42. The molecule has 2 N–H and O–H groups in total. The van der Waals surface area contributed by atoms with E-state index in [-0.39, 0.29) is 17.7 Å². The quantitative estimate of drug-likeness (QED) is 0.884. The lowest BCUT2D eigenvalue weighted by atomic mass is 10.0. The van der Waals surface area contributed by atoms with Gasteiger partial charge in [-0.25, -0.2) is 9.18 Å². The van der Waals surface area contributed by atoms with Crippen LogP contribution >= 0.6 is 0 Å². The maximum absolute atomic E-state index is 13.9. The second-order valence-electron chi connectivity index (χ2n) is 4.49. The first-order valence-corrected chi connectivity index (χ1v) is 5.82. The Morgan fingerprint density at radius 2 is 2.44 bits per heavy atom. The summed E-state index contributed by atoms with van der Waals surface area (Å²) in [6.07, 6.45) is 3.30. The lowest BCUT2D eigenvalue weighted by Crippen LogP contribution is -2.31. The van der Waals surface area contributed by atoms with E-state index in [1.165, 1.54) is 22.9 Å². The van der Waals surface area contributed by atoms with Crippen molar-refractivity contribution in [2.75, 3.05) is 12.3 Å². The third kappa shape index (κ3) is 2.15. The van der Waals surface area contributed by atoms with Gasteiger partial charge in [-0.2, -0.15) is 4.98 Å². The Hall–Kier alpha value is -1.69. The molecule has 6 heteroatoms. The largest absolute Gasteiger partial charge is 0.383 e. The summed E-state index contributed by atoms with van der Waals surface area (Å²) in [5.74, 6) is -0.190. The second-order valence-corrected chi connectivity index (χ2v) is 4.49. The van der Waals surface area contributed by atoms with E-state index < -0.39 is 11.3 Å². The van der Waals surface area contributed by atoms with E-state index in [1.807, 2.05) is 6.92 Å². The summed E-state index contributed by atoms with van der Waals surface area (Å²) in [7, 11) is 0. The molecular weight excluding hydrogens is 237 g/mol. The number of nitrogens with two attached hydrogens (primary N) is 1. The normalized spacial score (nSPS) is 27.3. The van der Waals surface area contributed by atoms with Crippen LogP contribution in [0.4, 0.5) is 10.2 Å². The van der Waals surface area contributed by atoms with Crippen molar-refractivity contribution in [1.29, 1.82) is 0 Å². The number of hydrogen-bond acceptors (Lipinski definition) is 4. The minimum absolute atomic E-state index is 0.159. The molecule has 1 unspecified atom stereocenters. The van der Waals surface area contributed by atoms with Crippen molar-refractivity contribution >= 4 is 5.82 Å². The number of allylic oxidation sites excluding steroid dienone is 1. The third-order valence-electron chi connectivity index (χ3n) is 3.11. The molecule has 0 spiro atoms. The summed E-state index contributed by atoms with van der Waals surface area (Å²) in [5.41, 5.74) is 3.98. The van der Waals surface area contributed by atoms with Gasteiger partial charge in [-0.15, -0.1) is 0 Å². The number of anilines is 1. The summed E-state index contributed by atoms with van der Waals surface area (Å²) < 4.78 is 20.7. The monoisotopic (exact) mass is 253 g/mol. The van der Waals surface area contributed by atoms with Crippen LogP contribution < -0.4 is 11.4 Å². The maximum Gasteiger partial charge on any atom is 0.350 e. The molecule has 1 aromatic rings. The Morgan fingerprint density at radius 3 is 3.06 bits per heavy atom. The fourth-order valence-electron chi connectivity index (χ4n) is 2.20. The Kier molecular flexibility index (Phi) is 3.21. The van der Waals surface area contributed by atoms with Crippen molar-refractivity contribution in [3.8, 4) is 0 Å². The number of nitrogen functional groups attached to an aromatic ring is 1. The zero-order chi connectivity index (χ0) is 13.3. The fourth-order valence-corrected chi connectivity index (χ4v) is 2.20. The minimum Gasteiger partial charge on any atom is -0.383 e. The van der Waals surface area contributed by atoms with Crippen molar-refractivity contribution < 1.29 is 9.13 Å². The van der Waals surface area contributed by atoms with Crippen LogP contribution in [-0.2, 0) is 4.74 Å². The van der Waals surface area contributed by atoms with Crippen molar-refractivity contribution in [2.45, 2.75) is 31.9 Å². The molecule has 0 radical (unpaired) electrons. The summed E-state index contributed by atoms with van der Waals surface area (Å²) >= 11 is 0. The molecule has 0 aromatic carbocycles. The van der Waals surface area contributed by atoms with E-state index >= 15 is 0 Å². The summed E-state index contributed by atoms with van der Waals surface area (Å²) in [6.45, 7) is 3.90. The van der Waals surface area contributed by atoms with Crippen molar-refractivity contribution in [3.63, 3.8) is 0 Å². The molecule has 2 atom stereocenters. The Labute approximate surface area is 104 Å². The summed E-state index contributed by atoms with van der Waals surface area (Å²) in [5, 5.41) is 0. The molecule has 98 valence electrons. The number of hydrogen-bond donors (Lipinski definition) is 1. The molecule has 0 fully saturated rings. The highest BCUT2D eigenvalue weighted by molar-refractivity contribution is 5.25. The standard InChI is InChI=1S/C12H16FN3O2/c1-3-18-12(2)7-8(6-9(12)13)16-5-4-10(14)15-11(16)17/h4-6,8H,3,7H2,1-2H3,(H2,14,15,17)/t8?,12-/m0/s1. The SMILES string of the molecule is CCO[C@@]1(C)CC(n2ccc(N)nc2=O)C=C1F. The van der Waals surface area contributed by atoms with Crippen molar-refractivity contribution in [2.24, 2.45) is 0 Å². The Morgan fingerprint density at radius 1 is 1.72 bits per heavy atom. The van der Waals surface area contributed by atoms with Crippen LogP contribution in [0.5, 0.6) is 0 Å². The first-order chi connectivity index (χ1) is 8.46. The maximum atomic E-state index is 13.9. The fraction of sp³-hybridized carbons (Fsp3) is 0.500. The third-order valence-corrected chi connectivity index (χ3v) is 3.11. The molecular formula is C12H16FN3O2. The number of halogens is 1. The topological polar surface area (TPSA) is 70.1 Å². The molecule has 0 saturated heterocycles. The van der Waals surface area contributed by atoms with Crippen LogP contribution in [0.15, 0.2) is 29.0 Å². The van der Waals surface area contributed by atoms with Crippen LogP contribution in [0.2, 0.25) is 0 Å². The first-order valence-electron chi connectivity index (χ1n) is 5.82. The average Bonchev–Trinajstić information content (AvgIpc) is 2.55. The average molecular weight is 253 g/mol. The smallest absolute Gasteiger partial charge is 0.350 e. The van der Waals surface area contributed by atoms with Gasteiger partial charge in [0, 0.05) is 19.2 Å². The minimum atomic E-state index is -0.958. The molecule has 2 rings (SSSR count). The van der Waals surface area contributed by atoms with Gasteiger partial charge < -0.3 is 10.5 Å². The van der Waals surface area contributed by atoms with Crippen molar-refractivity contribution in [3.05, 3.63) is 34.7 Å². The first kappa shape index (κ1) is 12.8. The zero-order valence-electron chi connectivity index (χ0n) is 10.4. The van der Waals surface area contributed by atoms with E-state index in [4.69, 9.17) is 10.5 Å². The predicted molar refractivity (Wildman–Crippen MR) is 65.8 cm³/mol. The molecule has 1 aliphatic carbocycles. The van der Waals surface area contributed by atoms with Gasteiger partial charge in [-0.1, -0.05) is 0 Å². The number of aromatic nitrogens is 2. The lowest BCUT2D eigenvalue weighted by molar-refractivity contribution is -0.0137. The van der Waals surface area contributed by atoms with Crippen LogP contribution in [0.1, 0.15) is 26.3 Å². The molecule has 1 aromatic heterocycles. The van der Waals surface area contributed by atoms with Crippen LogP contribution in [0.25, 0.3) is 0 Å². The van der Waals surface area contributed by atoms with Gasteiger partial charge in [-0.05, 0) is 26.0 Å². The molecule has 0 aliphatic heterocycles. The Balaban J connectivity index is 2.31. The van der Waals surface area contributed by atoms with Gasteiger partial charge in [0.1, 0.15) is 17.2 Å². The van der Waals surface area contributed by atoms with Gasteiger partial charge >= 0.3 is 5.69 Å². The highest BCUT2D eigenvalue weighted by Crippen LogP contribution is 2.39. The van der Waals surface area contributed by atoms with Crippen molar-refractivity contribution in [1.82, 2.24) is 9.55 Å². The van der Waals surface area contributed by atoms with Gasteiger partial charge in [0.05, 0.1) is 6.04 Å². The number of nitrogens with zero attached hydrogens (tertiary/aromatic N) is 2. The molecule has 0 bridgehead atoms. The molecule has 0 saturated carbocycles. The van der Waals surface area contributed by atoms with E-state index in [2.05, 4.69) is 4.98 Å². The van der Waals surface area contributed by atoms with E-state index in [9.17, 15) is 9.18 Å². The van der Waals surface area contributed by atoms with Gasteiger partial charge in [0.2, 0.25) is 0 Å². The van der Waals surface area contributed by atoms with Crippen LogP contribution in [0.3, 0.4) is 0 Å². The zero-order valence-corrected chi connectivity index (χ0v) is 10.4. The summed E-state index contributed by atoms with van der Waals surface area (Å²) in [4.78, 5) is 15.3. The van der Waals surface area contributed by atoms with E-state index in [1.54, 1.807) is 6.92 Å². The molecule has 1 heterocycles. The van der Waals surface area contributed by atoms with E-state index in [0.717, 1.165) is 0 Å². The molecule has 0 amide bonds. The van der Waals surface area contributed by atoms with Gasteiger partial charge in [0.15, 0.2) is 0 Å². The molecule has 18 heavy (non-hydrogen) atoms. The highest BCUT2D eigenvalue weighted by atomic mass is 19.1. The van der Waals surface area contributed by atoms with E-state index in [0.29, 0.717) is 13.0 Å². The number of rotatable bonds is 3. The summed E-state index contributed by atoms with van der Waals surface area (Å²) in [6, 6.07) is 1.13. The lowest BCUT2D eigenvalue weighted by Gasteiger charge is -2.24.